The second-order valence-electron chi connectivity index (χ2n) is 4.82. The lowest BCUT2D eigenvalue weighted by Crippen LogP contribution is -2.00. The van der Waals surface area contributed by atoms with E-state index in [1.165, 1.54) is 5.56 Å². The highest BCUT2D eigenvalue weighted by molar-refractivity contribution is 6.32. The Labute approximate surface area is 124 Å². The van der Waals surface area contributed by atoms with Crippen molar-refractivity contribution in [1.82, 2.24) is 4.57 Å². The highest BCUT2D eigenvalue weighted by atomic mass is 35.5. The molecule has 0 aliphatic rings. The molecule has 0 saturated carbocycles. The minimum absolute atomic E-state index is 0.182. The van der Waals surface area contributed by atoms with Gasteiger partial charge in [-0.3, -0.25) is 0 Å². The van der Waals surface area contributed by atoms with Crippen molar-refractivity contribution in [2.45, 2.75) is 25.8 Å². The summed E-state index contributed by atoms with van der Waals surface area (Å²) in [6, 6.07) is 3.91. The van der Waals surface area contributed by atoms with E-state index in [0.29, 0.717) is 17.3 Å². The van der Waals surface area contributed by atoms with Crippen molar-refractivity contribution in [2.24, 2.45) is 5.73 Å². The molecule has 5 heteroatoms. The molecule has 1 heterocycles. The highest BCUT2D eigenvalue weighted by Gasteiger charge is 2.12. The van der Waals surface area contributed by atoms with Crippen LogP contribution in [0.15, 0.2) is 18.3 Å². The molecule has 1 aromatic carbocycles. The first-order chi connectivity index (χ1) is 9.71. The second-order valence-corrected chi connectivity index (χ2v) is 5.23. The summed E-state index contributed by atoms with van der Waals surface area (Å²) >= 11 is 6.22. The molecule has 110 valence electrons. The minimum atomic E-state index is 0.182. The van der Waals surface area contributed by atoms with E-state index >= 15 is 0 Å². The largest absolute Gasteiger partial charge is 0.495 e. The first-order valence-electron chi connectivity index (χ1n) is 6.87. The van der Waals surface area contributed by atoms with Gasteiger partial charge in [-0.15, -0.1) is 0 Å². The molecule has 0 bridgehead atoms. The van der Waals surface area contributed by atoms with Crippen LogP contribution in [0.2, 0.25) is 5.02 Å². The number of fused-ring (bicyclic) bond motifs is 1. The van der Waals surface area contributed by atoms with Gasteiger partial charge in [0.2, 0.25) is 0 Å². The van der Waals surface area contributed by atoms with Gasteiger partial charge in [0.15, 0.2) is 0 Å². The minimum Gasteiger partial charge on any atom is -0.495 e. The number of aryl methyl sites for hydroxylation is 2. The fourth-order valence-corrected chi connectivity index (χ4v) is 2.67. The second kappa shape index (κ2) is 6.97. The predicted octanol–water partition coefficient (Wildman–Crippen LogP) is 2.58. The molecule has 1 aromatic heterocycles. The normalized spacial score (nSPS) is 11.2. The van der Waals surface area contributed by atoms with Crippen molar-refractivity contribution in [1.29, 1.82) is 0 Å². The van der Waals surface area contributed by atoms with Crippen LogP contribution in [0.25, 0.3) is 10.9 Å². The van der Waals surface area contributed by atoms with E-state index in [2.05, 4.69) is 10.8 Å². The molecule has 0 unspecified atom stereocenters. The van der Waals surface area contributed by atoms with E-state index in [4.69, 9.17) is 27.2 Å². The molecule has 2 rings (SSSR count). The topological polar surface area (TPSA) is 60.4 Å². The molecule has 0 radical (unpaired) electrons. The number of aromatic nitrogens is 1. The van der Waals surface area contributed by atoms with E-state index in [1.807, 2.05) is 12.1 Å². The Morgan fingerprint density at radius 1 is 1.35 bits per heavy atom. The Morgan fingerprint density at radius 3 is 2.80 bits per heavy atom. The average Bonchev–Trinajstić information content (AvgIpc) is 2.79. The van der Waals surface area contributed by atoms with Crippen molar-refractivity contribution in [3.05, 3.63) is 28.9 Å². The molecular weight excluding hydrogens is 276 g/mol. The van der Waals surface area contributed by atoms with Gasteiger partial charge >= 0.3 is 0 Å². The van der Waals surface area contributed by atoms with Gasteiger partial charge in [-0.2, -0.15) is 0 Å². The quantitative estimate of drug-likeness (QED) is 0.825. The van der Waals surface area contributed by atoms with Crippen molar-refractivity contribution in [3.63, 3.8) is 0 Å². The average molecular weight is 297 g/mol. The van der Waals surface area contributed by atoms with E-state index in [-0.39, 0.29) is 6.61 Å². The summed E-state index contributed by atoms with van der Waals surface area (Å²) in [6.07, 6.45) is 4.74. The van der Waals surface area contributed by atoms with Gasteiger partial charge in [-0.25, -0.2) is 0 Å². The van der Waals surface area contributed by atoms with Gasteiger partial charge in [0, 0.05) is 24.7 Å². The van der Waals surface area contributed by atoms with Gasteiger partial charge in [0.25, 0.3) is 0 Å². The zero-order valence-corrected chi connectivity index (χ0v) is 12.5. The number of nitrogens with two attached hydrogens (primary N) is 1. The van der Waals surface area contributed by atoms with E-state index < -0.39 is 0 Å². The third-order valence-electron chi connectivity index (χ3n) is 3.44. The van der Waals surface area contributed by atoms with Gasteiger partial charge in [-0.05, 0) is 43.5 Å². The van der Waals surface area contributed by atoms with Gasteiger partial charge in [-0.1, -0.05) is 11.6 Å². The first kappa shape index (κ1) is 15.2. The summed E-state index contributed by atoms with van der Waals surface area (Å²) in [5.74, 6) is 0.688. The molecule has 3 N–H and O–H groups in total. The van der Waals surface area contributed by atoms with Crippen LogP contribution in [0.1, 0.15) is 18.4 Å². The standard InChI is InChI=1S/C15H21ClN2O2/c1-20-15-8-12-11(4-2-5-17)10-18(6-3-7-19)14(12)9-13(15)16/h8-10,19H,2-7,17H2,1H3. The number of ether oxygens (including phenoxy) is 1. The fraction of sp³-hybridized carbons (Fsp3) is 0.467. The fourth-order valence-electron chi connectivity index (χ4n) is 2.44. The van der Waals surface area contributed by atoms with E-state index in [9.17, 15) is 0 Å². The van der Waals surface area contributed by atoms with Crippen molar-refractivity contribution in [3.8, 4) is 5.75 Å². The number of hydrogen-bond donors (Lipinski definition) is 2. The van der Waals surface area contributed by atoms with Gasteiger partial charge < -0.3 is 20.1 Å². The number of rotatable bonds is 7. The van der Waals surface area contributed by atoms with Gasteiger partial charge in [0.05, 0.1) is 17.6 Å². The number of halogens is 1. The van der Waals surface area contributed by atoms with Crippen LogP contribution in [-0.4, -0.2) is 29.9 Å². The van der Waals surface area contributed by atoms with E-state index in [1.54, 1.807) is 7.11 Å². The molecular formula is C15H21ClN2O2. The van der Waals surface area contributed by atoms with Crippen molar-refractivity contribution >= 4 is 22.5 Å². The monoisotopic (exact) mass is 296 g/mol. The Morgan fingerprint density at radius 2 is 2.15 bits per heavy atom. The number of hydrogen-bond acceptors (Lipinski definition) is 3. The lowest BCUT2D eigenvalue weighted by atomic mass is 10.1. The van der Waals surface area contributed by atoms with Crippen molar-refractivity contribution < 1.29 is 9.84 Å². The lowest BCUT2D eigenvalue weighted by molar-refractivity contribution is 0.280. The Balaban J connectivity index is 2.48. The number of benzene rings is 1. The van der Waals surface area contributed by atoms with E-state index in [0.717, 1.165) is 36.7 Å². The molecule has 2 aromatic rings. The zero-order valence-electron chi connectivity index (χ0n) is 11.7. The number of nitrogens with zero attached hydrogens (tertiary/aromatic N) is 1. The Bertz CT molecular complexity index is 581. The molecule has 0 saturated heterocycles. The molecule has 0 amide bonds. The molecule has 20 heavy (non-hydrogen) atoms. The van der Waals surface area contributed by atoms with Crippen LogP contribution in [0, 0.1) is 0 Å². The summed E-state index contributed by atoms with van der Waals surface area (Å²) < 4.78 is 7.44. The van der Waals surface area contributed by atoms with Crippen LogP contribution in [0.5, 0.6) is 5.75 Å². The Hall–Kier alpha value is -1.23. The van der Waals surface area contributed by atoms with Crippen LogP contribution >= 0.6 is 11.6 Å². The maximum Gasteiger partial charge on any atom is 0.138 e. The summed E-state index contributed by atoms with van der Waals surface area (Å²) in [5, 5.41) is 10.8. The highest BCUT2D eigenvalue weighted by Crippen LogP contribution is 2.33. The lowest BCUT2D eigenvalue weighted by Gasteiger charge is -2.07. The van der Waals surface area contributed by atoms with Crippen LogP contribution < -0.4 is 10.5 Å². The summed E-state index contributed by atoms with van der Waals surface area (Å²) in [7, 11) is 1.62. The molecule has 0 aliphatic heterocycles. The van der Waals surface area contributed by atoms with Crippen LogP contribution in [0.4, 0.5) is 0 Å². The Kier molecular flexibility index (Phi) is 5.29. The maximum absolute atomic E-state index is 9.01. The smallest absolute Gasteiger partial charge is 0.138 e. The molecule has 0 spiro atoms. The zero-order chi connectivity index (χ0) is 14.5. The molecule has 4 nitrogen and oxygen atoms in total. The number of aliphatic hydroxyl groups excluding tert-OH is 1. The predicted molar refractivity (Wildman–Crippen MR) is 82.6 cm³/mol. The first-order valence-corrected chi connectivity index (χ1v) is 7.25. The number of aliphatic hydroxyl groups is 1. The molecule has 0 atom stereocenters. The SMILES string of the molecule is COc1cc2c(CCCN)cn(CCCO)c2cc1Cl. The summed E-state index contributed by atoms with van der Waals surface area (Å²) in [5.41, 5.74) is 7.93. The summed E-state index contributed by atoms with van der Waals surface area (Å²) in [6.45, 7) is 1.63. The molecule has 0 fully saturated rings. The number of methoxy groups -OCH3 is 1. The maximum atomic E-state index is 9.01. The summed E-state index contributed by atoms with van der Waals surface area (Å²) in [4.78, 5) is 0. The van der Waals surface area contributed by atoms with Crippen molar-refractivity contribution in [2.75, 3.05) is 20.3 Å². The van der Waals surface area contributed by atoms with Crippen LogP contribution in [-0.2, 0) is 13.0 Å². The third kappa shape index (κ3) is 3.08. The van der Waals surface area contributed by atoms with Crippen LogP contribution in [0.3, 0.4) is 0 Å². The molecule has 0 aliphatic carbocycles. The third-order valence-corrected chi connectivity index (χ3v) is 3.74. The van der Waals surface area contributed by atoms with Gasteiger partial charge in [0.1, 0.15) is 5.75 Å².